The molecule has 0 N–H and O–H groups in total. The molecule has 3 aromatic carbocycles. The highest BCUT2D eigenvalue weighted by molar-refractivity contribution is 14.1. The van der Waals surface area contributed by atoms with Crippen LogP contribution in [0.5, 0.6) is 5.75 Å². The van der Waals surface area contributed by atoms with Crippen LogP contribution in [0.3, 0.4) is 0 Å². The summed E-state index contributed by atoms with van der Waals surface area (Å²) in [5.74, 6) is 0.145. The Morgan fingerprint density at radius 3 is 2.55 bits per heavy atom. The number of carbonyl (C=O) groups is 1. The van der Waals surface area contributed by atoms with E-state index in [2.05, 4.69) is 49.6 Å². The molecule has 0 fully saturated rings. The Balaban J connectivity index is 1.62. The maximum atomic E-state index is 14.0. The molecule has 7 nitrogen and oxygen atoms in total. The fourth-order valence-electron chi connectivity index (χ4n) is 4.67. The van der Waals surface area contributed by atoms with Crippen LogP contribution in [0, 0.1) is 21.8 Å². The molecule has 0 saturated carbocycles. The van der Waals surface area contributed by atoms with Crippen LogP contribution in [0.15, 0.2) is 86.2 Å². The predicted molar refractivity (Wildman–Crippen MR) is 174 cm³/mol. The topological polar surface area (TPSA) is 93.7 Å². The number of nitriles is 1. The van der Waals surface area contributed by atoms with Gasteiger partial charge in [-0.2, -0.15) is 5.26 Å². The first-order valence-corrected chi connectivity index (χ1v) is 15.8. The summed E-state index contributed by atoms with van der Waals surface area (Å²) < 4.78 is 15.4. The molecule has 42 heavy (non-hydrogen) atoms. The van der Waals surface area contributed by atoms with Crippen LogP contribution in [0.25, 0.3) is 6.08 Å². The summed E-state index contributed by atoms with van der Waals surface area (Å²) >= 11 is 7.05. The molecule has 0 spiro atoms. The standard InChI is InChI=1S/C32H25BrIN3O4S/c1-4-40-31(39)27-19(3)36-32-37(28(27)22-11-5-18(2)6-12-22)30(38)26(42-32)14-23-13-24(33)15-25(34)29(23)41-17-21-9-7-20(16-35)8-10-21/h5-15,28H,4,17H2,1-3H3/b26-14-/t28-/m0/s1. The second-order valence-electron chi connectivity index (χ2n) is 9.62. The van der Waals surface area contributed by atoms with Gasteiger partial charge in [-0.05, 0) is 84.8 Å². The summed E-state index contributed by atoms with van der Waals surface area (Å²) in [6.45, 7) is 6.03. The molecule has 0 unspecified atom stereocenters. The number of rotatable bonds is 7. The summed E-state index contributed by atoms with van der Waals surface area (Å²) in [7, 11) is 0. The molecule has 1 atom stereocenters. The van der Waals surface area contributed by atoms with Crippen LogP contribution in [0.1, 0.15) is 47.7 Å². The zero-order valence-electron chi connectivity index (χ0n) is 23.0. The van der Waals surface area contributed by atoms with E-state index < -0.39 is 12.0 Å². The van der Waals surface area contributed by atoms with Crippen LogP contribution < -0.4 is 19.6 Å². The van der Waals surface area contributed by atoms with E-state index in [-0.39, 0.29) is 12.2 Å². The first kappa shape index (κ1) is 29.9. The normalized spacial score (nSPS) is 14.7. The fraction of sp³-hybridized carbons (Fsp3) is 0.188. The second kappa shape index (κ2) is 12.8. The summed E-state index contributed by atoms with van der Waals surface area (Å²) in [6, 6.07) is 20.3. The first-order valence-electron chi connectivity index (χ1n) is 13.1. The maximum absolute atomic E-state index is 14.0. The zero-order chi connectivity index (χ0) is 30.0. The van der Waals surface area contributed by atoms with Gasteiger partial charge in [0.05, 0.1) is 43.7 Å². The van der Waals surface area contributed by atoms with Crippen molar-refractivity contribution in [3.05, 3.63) is 127 Å². The number of aryl methyl sites for hydroxylation is 1. The van der Waals surface area contributed by atoms with Gasteiger partial charge in [0, 0.05) is 10.0 Å². The van der Waals surface area contributed by atoms with Crippen LogP contribution >= 0.6 is 49.9 Å². The number of aromatic nitrogens is 1. The van der Waals surface area contributed by atoms with E-state index in [4.69, 9.17) is 14.7 Å². The Kier molecular flexibility index (Phi) is 9.11. The van der Waals surface area contributed by atoms with Gasteiger partial charge in [0.2, 0.25) is 0 Å². The highest BCUT2D eigenvalue weighted by Crippen LogP contribution is 2.33. The SMILES string of the molecule is CCOC(=O)C1=C(C)N=c2s/c(=C\c3cc(Br)cc(I)c3OCc3ccc(C#N)cc3)c(=O)n2[C@H]1c1ccc(C)cc1. The second-order valence-corrected chi connectivity index (χ2v) is 12.7. The molecule has 5 rings (SSSR count). The number of nitrogens with zero attached hydrogens (tertiary/aromatic N) is 3. The number of allylic oxidation sites excluding steroid dienone is 1. The third-order valence-electron chi connectivity index (χ3n) is 6.70. The van der Waals surface area contributed by atoms with Crippen molar-refractivity contribution in [2.24, 2.45) is 4.99 Å². The lowest BCUT2D eigenvalue weighted by atomic mass is 9.95. The minimum atomic E-state index is -0.669. The first-order chi connectivity index (χ1) is 20.2. The molecule has 1 aliphatic heterocycles. The molecule has 0 radical (unpaired) electrons. The van der Waals surface area contributed by atoms with Crippen molar-refractivity contribution in [3.8, 4) is 11.8 Å². The summed E-state index contributed by atoms with van der Waals surface area (Å²) in [4.78, 5) is 32.3. The Bertz CT molecular complexity index is 1940. The molecule has 0 saturated heterocycles. The fourth-order valence-corrected chi connectivity index (χ4v) is 7.41. The van der Waals surface area contributed by atoms with Gasteiger partial charge < -0.3 is 9.47 Å². The number of ether oxygens (including phenoxy) is 2. The number of benzene rings is 3. The molecular formula is C32H25BrIN3O4S. The molecule has 0 amide bonds. The van der Waals surface area contributed by atoms with Crippen LogP contribution in [0.2, 0.25) is 0 Å². The number of thiazole rings is 1. The average molecular weight is 754 g/mol. The van der Waals surface area contributed by atoms with Crippen molar-refractivity contribution < 1.29 is 14.3 Å². The van der Waals surface area contributed by atoms with Crippen molar-refractivity contribution in [1.82, 2.24) is 4.57 Å². The molecule has 212 valence electrons. The van der Waals surface area contributed by atoms with E-state index in [1.165, 1.54) is 11.3 Å². The zero-order valence-corrected chi connectivity index (χ0v) is 27.5. The Hall–Kier alpha value is -3.53. The molecule has 4 aromatic rings. The Labute approximate surface area is 268 Å². The van der Waals surface area contributed by atoms with Crippen molar-refractivity contribution in [3.63, 3.8) is 0 Å². The lowest BCUT2D eigenvalue weighted by Gasteiger charge is -2.24. The Morgan fingerprint density at radius 1 is 1.17 bits per heavy atom. The van der Waals surface area contributed by atoms with E-state index in [1.54, 1.807) is 36.6 Å². The monoisotopic (exact) mass is 753 g/mol. The van der Waals surface area contributed by atoms with Gasteiger partial charge in [0.1, 0.15) is 12.4 Å². The summed E-state index contributed by atoms with van der Waals surface area (Å²) in [5, 5.41) is 9.08. The number of carbonyl (C=O) groups excluding carboxylic acids is 1. The molecule has 1 aliphatic rings. The molecule has 10 heteroatoms. The largest absolute Gasteiger partial charge is 0.487 e. The van der Waals surface area contributed by atoms with Crippen LogP contribution in [0.4, 0.5) is 0 Å². The lowest BCUT2D eigenvalue weighted by Crippen LogP contribution is -2.39. The van der Waals surface area contributed by atoms with Gasteiger partial charge >= 0.3 is 5.97 Å². The highest BCUT2D eigenvalue weighted by Gasteiger charge is 2.33. The maximum Gasteiger partial charge on any atom is 0.338 e. The van der Waals surface area contributed by atoms with Crippen molar-refractivity contribution >= 4 is 61.9 Å². The number of fused-ring (bicyclic) bond motifs is 1. The molecule has 1 aromatic heterocycles. The molecule has 0 bridgehead atoms. The molecule has 2 heterocycles. The minimum absolute atomic E-state index is 0.216. The van der Waals surface area contributed by atoms with E-state index in [0.29, 0.717) is 38.5 Å². The lowest BCUT2D eigenvalue weighted by molar-refractivity contribution is -0.139. The third kappa shape index (κ3) is 6.14. The van der Waals surface area contributed by atoms with E-state index in [1.807, 2.05) is 55.5 Å². The average Bonchev–Trinajstić information content (AvgIpc) is 3.26. The van der Waals surface area contributed by atoms with Crippen molar-refractivity contribution in [2.45, 2.75) is 33.4 Å². The smallest absolute Gasteiger partial charge is 0.338 e. The molecule has 0 aliphatic carbocycles. The van der Waals surface area contributed by atoms with E-state index in [9.17, 15) is 9.59 Å². The number of hydrogen-bond donors (Lipinski definition) is 0. The van der Waals surface area contributed by atoms with Crippen LogP contribution in [-0.4, -0.2) is 17.1 Å². The van der Waals surface area contributed by atoms with Crippen molar-refractivity contribution in [1.29, 1.82) is 5.26 Å². The summed E-state index contributed by atoms with van der Waals surface area (Å²) in [5.41, 5.74) is 4.71. The number of hydrogen-bond acceptors (Lipinski definition) is 7. The van der Waals surface area contributed by atoms with Gasteiger partial charge in [0.25, 0.3) is 5.56 Å². The minimum Gasteiger partial charge on any atom is -0.487 e. The van der Waals surface area contributed by atoms with E-state index >= 15 is 0 Å². The van der Waals surface area contributed by atoms with E-state index in [0.717, 1.165) is 30.3 Å². The molecular weight excluding hydrogens is 729 g/mol. The van der Waals surface area contributed by atoms with Gasteiger partial charge in [-0.1, -0.05) is 69.2 Å². The van der Waals surface area contributed by atoms with Gasteiger partial charge in [-0.25, -0.2) is 9.79 Å². The highest BCUT2D eigenvalue weighted by atomic mass is 127. The Morgan fingerprint density at radius 2 is 1.88 bits per heavy atom. The summed E-state index contributed by atoms with van der Waals surface area (Å²) in [6.07, 6.45) is 1.81. The van der Waals surface area contributed by atoms with Crippen molar-refractivity contribution in [2.75, 3.05) is 6.61 Å². The predicted octanol–water partition coefficient (Wildman–Crippen LogP) is 5.92. The van der Waals surface area contributed by atoms with Gasteiger partial charge in [-0.3, -0.25) is 9.36 Å². The number of halogens is 2. The quantitative estimate of drug-likeness (QED) is 0.173. The van der Waals surface area contributed by atoms with Gasteiger partial charge in [-0.15, -0.1) is 0 Å². The number of esters is 1. The van der Waals surface area contributed by atoms with Gasteiger partial charge in [0.15, 0.2) is 4.80 Å². The van der Waals surface area contributed by atoms with Crippen LogP contribution in [-0.2, 0) is 16.1 Å². The third-order valence-corrected chi connectivity index (χ3v) is 8.94.